The third-order valence-corrected chi connectivity index (χ3v) is 4.07. The summed E-state index contributed by atoms with van der Waals surface area (Å²) in [5.74, 6) is -0.542. The van der Waals surface area contributed by atoms with E-state index in [9.17, 15) is 18.3 Å². The summed E-state index contributed by atoms with van der Waals surface area (Å²) in [5, 5.41) is 9.35. The zero-order chi connectivity index (χ0) is 21.1. The first-order chi connectivity index (χ1) is 13.8. The van der Waals surface area contributed by atoms with Crippen molar-refractivity contribution in [1.29, 1.82) is 0 Å². The summed E-state index contributed by atoms with van der Waals surface area (Å²) in [6.07, 6.45) is -3.42. The highest BCUT2D eigenvalue weighted by atomic mass is 19.3. The molecule has 6 nitrogen and oxygen atoms in total. The van der Waals surface area contributed by atoms with Crippen LogP contribution in [0.15, 0.2) is 36.4 Å². The minimum absolute atomic E-state index is 0.0178. The SMILES string of the molecule is Cc1cc(-c2c(O[C@@H](C)CO)nc(N)nc2-c2ccc(F)cc2)cc(C(F)F)n1. The first-order valence-electron chi connectivity index (χ1n) is 8.76. The number of hydrogen-bond donors (Lipinski definition) is 2. The molecule has 152 valence electrons. The third kappa shape index (κ3) is 4.62. The van der Waals surface area contributed by atoms with Crippen LogP contribution in [0.25, 0.3) is 22.4 Å². The molecule has 0 radical (unpaired) electrons. The van der Waals surface area contributed by atoms with Gasteiger partial charge in [0.25, 0.3) is 6.43 Å². The molecule has 0 aliphatic rings. The lowest BCUT2D eigenvalue weighted by molar-refractivity contribution is 0.126. The molecule has 2 aromatic heterocycles. The van der Waals surface area contributed by atoms with E-state index in [0.29, 0.717) is 22.4 Å². The summed E-state index contributed by atoms with van der Waals surface area (Å²) < 4.78 is 45.7. The maximum atomic E-state index is 13.4. The van der Waals surface area contributed by atoms with Crippen LogP contribution >= 0.6 is 0 Å². The Morgan fingerprint density at radius 1 is 1.07 bits per heavy atom. The quantitative estimate of drug-likeness (QED) is 0.647. The van der Waals surface area contributed by atoms with Crippen LogP contribution in [0, 0.1) is 12.7 Å². The van der Waals surface area contributed by atoms with E-state index in [1.807, 2.05) is 0 Å². The average Bonchev–Trinajstić information content (AvgIpc) is 2.67. The van der Waals surface area contributed by atoms with Gasteiger partial charge in [-0.25, -0.2) is 18.2 Å². The molecule has 0 saturated heterocycles. The van der Waals surface area contributed by atoms with Crippen molar-refractivity contribution < 1.29 is 23.0 Å². The monoisotopic (exact) mass is 404 g/mol. The molecule has 3 N–H and O–H groups in total. The van der Waals surface area contributed by atoms with Crippen molar-refractivity contribution in [3.05, 3.63) is 53.6 Å². The highest BCUT2D eigenvalue weighted by Crippen LogP contribution is 2.39. The number of aryl methyl sites for hydroxylation is 1. The Balaban J connectivity index is 2.31. The fraction of sp³-hybridized carbons (Fsp3) is 0.250. The summed E-state index contributed by atoms with van der Waals surface area (Å²) in [7, 11) is 0. The van der Waals surface area contributed by atoms with E-state index in [4.69, 9.17) is 10.5 Å². The molecule has 0 spiro atoms. The predicted octanol–water partition coefficient (Wildman–Crippen LogP) is 3.93. The molecule has 3 rings (SSSR count). The summed E-state index contributed by atoms with van der Waals surface area (Å²) in [6.45, 7) is 2.90. The number of rotatable bonds is 6. The second kappa shape index (κ2) is 8.44. The van der Waals surface area contributed by atoms with Gasteiger partial charge in [-0.3, -0.25) is 4.98 Å². The lowest BCUT2D eigenvalue weighted by Gasteiger charge is -2.18. The van der Waals surface area contributed by atoms with Gasteiger partial charge in [-0.2, -0.15) is 4.98 Å². The van der Waals surface area contributed by atoms with Crippen LogP contribution in [0.4, 0.5) is 19.1 Å². The Kier molecular flexibility index (Phi) is 5.97. The molecule has 1 aromatic carbocycles. The zero-order valence-corrected chi connectivity index (χ0v) is 15.7. The topological polar surface area (TPSA) is 94.2 Å². The summed E-state index contributed by atoms with van der Waals surface area (Å²) in [4.78, 5) is 12.2. The zero-order valence-electron chi connectivity index (χ0n) is 15.7. The van der Waals surface area contributed by atoms with Gasteiger partial charge in [-0.15, -0.1) is 0 Å². The fourth-order valence-electron chi connectivity index (χ4n) is 2.80. The molecule has 0 unspecified atom stereocenters. The number of aliphatic hydroxyl groups is 1. The average molecular weight is 404 g/mol. The number of benzene rings is 1. The summed E-state index contributed by atoms with van der Waals surface area (Å²) in [6, 6.07) is 8.28. The van der Waals surface area contributed by atoms with Crippen LogP contribution in [0.3, 0.4) is 0 Å². The third-order valence-electron chi connectivity index (χ3n) is 4.07. The molecule has 9 heteroatoms. The molecule has 29 heavy (non-hydrogen) atoms. The van der Waals surface area contributed by atoms with Gasteiger partial charge >= 0.3 is 0 Å². The predicted molar refractivity (Wildman–Crippen MR) is 102 cm³/mol. The summed E-state index contributed by atoms with van der Waals surface area (Å²) in [5.41, 5.74) is 7.18. The van der Waals surface area contributed by atoms with Crippen LogP contribution in [0.1, 0.15) is 24.7 Å². The lowest BCUT2D eigenvalue weighted by atomic mass is 9.99. The van der Waals surface area contributed by atoms with E-state index in [1.165, 1.54) is 30.3 Å². The Morgan fingerprint density at radius 3 is 2.38 bits per heavy atom. The van der Waals surface area contributed by atoms with Crippen LogP contribution in [0.2, 0.25) is 0 Å². The number of aliphatic hydroxyl groups excluding tert-OH is 1. The Hall–Kier alpha value is -3.20. The van der Waals surface area contributed by atoms with E-state index in [0.717, 1.165) is 0 Å². The van der Waals surface area contributed by atoms with Crippen LogP contribution in [0.5, 0.6) is 5.88 Å². The van der Waals surface area contributed by atoms with Gasteiger partial charge in [0.2, 0.25) is 11.8 Å². The minimum atomic E-state index is -2.78. The van der Waals surface area contributed by atoms with Gasteiger partial charge < -0.3 is 15.6 Å². The van der Waals surface area contributed by atoms with E-state index in [-0.39, 0.29) is 24.1 Å². The Bertz CT molecular complexity index is 1010. The Morgan fingerprint density at radius 2 is 1.76 bits per heavy atom. The van der Waals surface area contributed by atoms with Crippen molar-refractivity contribution in [2.75, 3.05) is 12.3 Å². The van der Waals surface area contributed by atoms with Crippen LogP contribution < -0.4 is 10.5 Å². The molecule has 0 saturated carbocycles. The van der Waals surface area contributed by atoms with E-state index < -0.39 is 24.0 Å². The smallest absolute Gasteiger partial charge is 0.280 e. The van der Waals surface area contributed by atoms with Crippen molar-refractivity contribution in [3.8, 4) is 28.3 Å². The summed E-state index contributed by atoms with van der Waals surface area (Å²) >= 11 is 0. The maximum absolute atomic E-state index is 13.4. The molecule has 0 bridgehead atoms. The maximum Gasteiger partial charge on any atom is 0.280 e. The highest BCUT2D eigenvalue weighted by molar-refractivity contribution is 5.85. The van der Waals surface area contributed by atoms with Gasteiger partial charge in [-0.05, 0) is 55.8 Å². The number of aromatic nitrogens is 3. The molecule has 0 fully saturated rings. The van der Waals surface area contributed by atoms with Crippen LogP contribution in [-0.2, 0) is 0 Å². The van der Waals surface area contributed by atoms with Gasteiger partial charge in [0, 0.05) is 11.3 Å². The van der Waals surface area contributed by atoms with Crippen molar-refractivity contribution in [1.82, 2.24) is 15.0 Å². The van der Waals surface area contributed by atoms with Gasteiger partial charge in [0.05, 0.1) is 17.9 Å². The lowest BCUT2D eigenvalue weighted by Crippen LogP contribution is -2.18. The number of halogens is 3. The first kappa shape index (κ1) is 20.5. The molecule has 3 aromatic rings. The number of nitrogens with two attached hydrogens (primary N) is 1. The molecular weight excluding hydrogens is 385 g/mol. The number of ether oxygens (including phenoxy) is 1. The van der Waals surface area contributed by atoms with Gasteiger partial charge in [0.15, 0.2) is 0 Å². The van der Waals surface area contributed by atoms with Crippen molar-refractivity contribution in [2.45, 2.75) is 26.4 Å². The van der Waals surface area contributed by atoms with Gasteiger partial charge in [0.1, 0.15) is 17.6 Å². The first-order valence-corrected chi connectivity index (χ1v) is 8.76. The van der Waals surface area contributed by atoms with Crippen molar-refractivity contribution >= 4 is 5.95 Å². The fourth-order valence-corrected chi connectivity index (χ4v) is 2.80. The number of nitrogen functional groups attached to an aromatic ring is 1. The second-order valence-electron chi connectivity index (χ2n) is 6.45. The molecule has 2 heterocycles. The van der Waals surface area contributed by atoms with E-state index in [2.05, 4.69) is 15.0 Å². The normalized spacial score (nSPS) is 12.2. The van der Waals surface area contributed by atoms with Crippen molar-refractivity contribution in [3.63, 3.8) is 0 Å². The number of anilines is 1. The van der Waals surface area contributed by atoms with Crippen LogP contribution in [-0.4, -0.2) is 32.8 Å². The molecule has 0 aliphatic heterocycles. The van der Waals surface area contributed by atoms with E-state index in [1.54, 1.807) is 19.9 Å². The standard InChI is InChI=1S/C20H19F3N4O2/c1-10-7-13(8-15(25-10)18(22)23)16-17(12-3-5-14(21)6-4-12)26-20(24)27-19(16)29-11(2)9-28/h3-8,11,18,28H,9H2,1-2H3,(H2,24,26,27)/t11-/m0/s1. The Labute approximate surface area is 165 Å². The molecular formula is C20H19F3N4O2. The van der Waals surface area contributed by atoms with E-state index >= 15 is 0 Å². The number of pyridine rings is 1. The number of alkyl halides is 2. The number of nitrogens with zero attached hydrogens (tertiary/aromatic N) is 3. The highest BCUT2D eigenvalue weighted by Gasteiger charge is 2.22. The second-order valence-corrected chi connectivity index (χ2v) is 6.45. The minimum Gasteiger partial charge on any atom is -0.472 e. The molecule has 0 aliphatic carbocycles. The largest absolute Gasteiger partial charge is 0.472 e. The van der Waals surface area contributed by atoms with Gasteiger partial charge in [-0.1, -0.05) is 0 Å². The molecule has 1 atom stereocenters. The number of hydrogen-bond acceptors (Lipinski definition) is 6. The molecule has 0 amide bonds. The van der Waals surface area contributed by atoms with Crippen molar-refractivity contribution in [2.24, 2.45) is 0 Å².